The first-order valence-electron chi connectivity index (χ1n) is 8.45. The molecular formula is C17H27FN4O. The summed E-state index contributed by atoms with van der Waals surface area (Å²) in [6, 6.07) is 0.180. The molecular weight excluding hydrogens is 295 g/mol. The van der Waals surface area contributed by atoms with E-state index in [0.717, 1.165) is 19.3 Å². The van der Waals surface area contributed by atoms with Gasteiger partial charge in [-0.05, 0) is 45.4 Å². The normalized spacial score (nSPS) is 18.9. The second-order valence-corrected chi connectivity index (χ2v) is 6.86. The number of rotatable bonds is 6. The van der Waals surface area contributed by atoms with Crippen molar-refractivity contribution in [3.8, 4) is 0 Å². The summed E-state index contributed by atoms with van der Waals surface area (Å²) in [5.74, 6) is 1.56. The fraction of sp³-hybridized carbons (Fsp3) is 0.706. The Morgan fingerprint density at radius 3 is 2.61 bits per heavy atom. The zero-order valence-corrected chi connectivity index (χ0v) is 14.4. The van der Waals surface area contributed by atoms with Gasteiger partial charge in [-0.25, -0.2) is 9.37 Å². The van der Waals surface area contributed by atoms with Crippen LogP contribution in [0.1, 0.15) is 65.0 Å². The van der Waals surface area contributed by atoms with Gasteiger partial charge in [0.15, 0.2) is 5.82 Å². The van der Waals surface area contributed by atoms with Crippen LogP contribution >= 0.6 is 0 Å². The third-order valence-electron chi connectivity index (χ3n) is 3.80. The molecule has 128 valence electrons. The molecule has 2 N–H and O–H groups in total. The molecule has 0 spiro atoms. The Kier molecular flexibility index (Phi) is 6.04. The van der Waals surface area contributed by atoms with E-state index >= 15 is 0 Å². The number of aryl methyl sites for hydroxylation is 1. The van der Waals surface area contributed by atoms with E-state index in [1.165, 1.54) is 0 Å². The molecule has 0 saturated heterocycles. The quantitative estimate of drug-likeness (QED) is 0.838. The van der Waals surface area contributed by atoms with E-state index in [0.29, 0.717) is 41.9 Å². The molecule has 0 unspecified atom stereocenters. The van der Waals surface area contributed by atoms with Crippen molar-refractivity contribution in [1.29, 1.82) is 0 Å². The zero-order chi connectivity index (χ0) is 17.0. The van der Waals surface area contributed by atoms with Crippen molar-refractivity contribution in [3.05, 3.63) is 17.5 Å². The van der Waals surface area contributed by atoms with Crippen molar-refractivity contribution in [1.82, 2.24) is 15.0 Å². The predicted molar refractivity (Wildman–Crippen MR) is 89.6 cm³/mol. The van der Waals surface area contributed by atoms with Crippen LogP contribution in [0.2, 0.25) is 0 Å². The van der Waals surface area contributed by atoms with Crippen molar-refractivity contribution in [2.24, 2.45) is 5.92 Å². The number of hydrogen-bond donors (Lipinski definition) is 2. The van der Waals surface area contributed by atoms with E-state index in [4.69, 9.17) is 0 Å². The van der Waals surface area contributed by atoms with Crippen molar-refractivity contribution in [2.45, 2.75) is 71.9 Å². The first-order chi connectivity index (χ1) is 10.9. The van der Waals surface area contributed by atoms with Crippen molar-refractivity contribution < 1.29 is 9.50 Å². The molecule has 1 atom stereocenters. The van der Waals surface area contributed by atoms with Crippen molar-refractivity contribution in [2.75, 3.05) is 5.32 Å². The van der Waals surface area contributed by atoms with Gasteiger partial charge in [0.2, 0.25) is 5.95 Å². The molecule has 0 fully saturated rings. The lowest BCUT2D eigenvalue weighted by Gasteiger charge is -2.19. The van der Waals surface area contributed by atoms with Gasteiger partial charge in [0.05, 0.1) is 0 Å². The molecule has 1 aromatic heterocycles. The monoisotopic (exact) mass is 322 g/mol. The first kappa shape index (κ1) is 17.8. The number of nitrogens with one attached hydrogen (secondary N) is 1. The molecule has 2 rings (SSSR count). The maximum absolute atomic E-state index is 14.3. The SMILES string of the molecule is CC(C)CCc1nc(NC(C)C)nc(C2=C(F)[C@H](O)CCC2)n1. The maximum atomic E-state index is 14.3. The third kappa shape index (κ3) is 4.96. The van der Waals surface area contributed by atoms with Crippen LogP contribution in [0.5, 0.6) is 0 Å². The van der Waals surface area contributed by atoms with E-state index in [2.05, 4.69) is 34.1 Å². The predicted octanol–water partition coefficient (Wildman–Crippen LogP) is 3.51. The highest BCUT2D eigenvalue weighted by atomic mass is 19.1. The van der Waals surface area contributed by atoms with Gasteiger partial charge >= 0.3 is 0 Å². The number of hydrogen-bond acceptors (Lipinski definition) is 5. The minimum absolute atomic E-state index is 0.180. The Bertz CT molecular complexity index is 572. The Balaban J connectivity index is 2.37. The molecule has 0 radical (unpaired) electrons. The molecule has 5 nitrogen and oxygen atoms in total. The molecule has 0 aliphatic heterocycles. The molecule has 6 heteroatoms. The van der Waals surface area contributed by atoms with Crippen LogP contribution in [0.3, 0.4) is 0 Å². The number of halogens is 1. The van der Waals surface area contributed by atoms with Gasteiger partial charge in [-0.3, -0.25) is 0 Å². The molecule has 0 aromatic carbocycles. The summed E-state index contributed by atoms with van der Waals surface area (Å²) in [6.07, 6.45) is 2.42. The van der Waals surface area contributed by atoms with Crippen LogP contribution in [-0.2, 0) is 6.42 Å². The number of allylic oxidation sites excluding steroid dienone is 1. The van der Waals surface area contributed by atoms with Gasteiger partial charge < -0.3 is 10.4 Å². The maximum Gasteiger partial charge on any atom is 0.226 e. The smallest absolute Gasteiger partial charge is 0.226 e. The van der Waals surface area contributed by atoms with Gasteiger partial charge in [-0.1, -0.05) is 13.8 Å². The number of nitrogens with zero attached hydrogens (tertiary/aromatic N) is 3. The minimum Gasteiger partial charge on any atom is -0.386 e. The lowest BCUT2D eigenvalue weighted by Crippen LogP contribution is -2.18. The fourth-order valence-corrected chi connectivity index (χ4v) is 2.55. The third-order valence-corrected chi connectivity index (χ3v) is 3.80. The summed E-state index contributed by atoms with van der Waals surface area (Å²) in [5.41, 5.74) is 0.420. The lowest BCUT2D eigenvalue weighted by molar-refractivity contribution is 0.165. The number of anilines is 1. The van der Waals surface area contributed by atoms with Gasteiger partial charge in [-0.2, -0.15) is 9.97 Å². The van der Waals surface area contributed by atoms with Gasteiger partial charge in [-0.15, -0.1) is 0 Å². The number of aliphatic hydroxyl groups is 1. The van der Waals surface area contributed by atoms with Gasteiger partial charge in [0.25, 0.3) is 0 Å². The summed E-state index contributed by atoms with van der Waals surface area (Å²) in [7, 11) is 0. The zero-order valence-electron chi connectivity index (χ0n) is 14.4. The molecule has 1 heterocycles. The number of aromatic nitrogens is 3. The van der Waals surface area contributed by atoms with E-state index in [-0.39, 0.29) is 6.04 Å². The summed E-state index contributed by atoms with van der Waals surface area (Å²) in [5, 5.41) is 12.9. The molecule has 0 saturated carbocycles. The molecule has 0 amide bonds. The second kappa shape index (κ2) is 7.81. The van der Waals surface area contributed by atoms with Crippen LogP contribution in [-0.4, -0.2) is 32.2 Å². The summed E-state index contributed by atoms with van der Waals surface area (Å²) < 4.78 is 14.3. The summed E-state index contributed by atoms with van der Waals surface area (Å²) in [4.78, 5) is 13.3. The highest BCUT2D eigenvalue weighted by Gasteiger charge is 2.25. The Hall–Kier alpha value is -1.56. The van der Waals surface area contributed by atoms with Crippen molar-refractivity contribution in [3.63, 3.8) is 0 Å². The number of aliphatic hydroxyl groups excluding tert-OH is 1. The minimum atomic E-state index is -1.03. The van der Waals surface area contributed by atoms with E-state index in [1.807, 2.05) is 13.8 Å². The molecule has 1 aromatic rings. The molecule has 23 heavy (non-hydrogen) atoms. The Morgan fingerprint density at radius 2 is 1.96 bits per heavy atom. The molecule has 1 aliphatic rings. The van der Waals surface area contributed by atoms with E-state index in [1.54, 1.807) is 0 Å². The lowest BCUT2D eigenvalue weighted by atomic mass is 9.95. The topological polar surface area (TPSA) is 70.9 Å². The van der Waals surface area contributed by atoms with Crippen molar-refractivity contribution >= 4 is 11.5 Å². The molecule has 0 bridgehead atoms. The highest BCUT2D eigenvalue weighted by Crippen LogP contribution is 2.32. The van der Waals surface area contributed by atoms with Crippen LogP contribution < -0.4 is 5.32 Å². The first-order valence-corrected chi connectivity index (χ1v) is 8.45. The van der Waals surface area contributed by atoms with E-state index in [9.17, 15) is 9.50 Å². The van der Waals surface area contributed by atoms with Crippen LogP contribution in [0, 0.1) is 5.92 Å². The fourth-order valence-electron chi connectivity index (χ4n) is 2.55. The summed E-state index contributed by atoms with van der Waals surface area (Å²) in [6.45, 7) is 8.30. The standard InChI is InChI=1S/C17H27FN4O/c1-10(2)8-9-14-20-16(22-17(21-14)19-11(3)4)12-6-5-7-13(23)15(12)18/h10-11,13,23H,5-9H2,1-4H3,(H,19,20,21,22)/t13-/m1/s1. The highest BCUT2D eigenvalue weighted by molar-refractivity contribution is 5.64. The average Bonchev–Trinajstić information content (AvgIpc) is 2.47. The molecule has 1 aliphatic carbocycles. The second-order valence-electron chi connectivity index (χ2n) is 6.86. The largest absolute Gasteiger partial charge is 0.386 e. The van der Waals surface area contributed by atoms with Gasteiger partial charge in [0.1, 0.15) is 17.8 Å². The average molecular weight is 322 g/mol. The van der Waals surface area contributed by atoms with Crippen LogP contribution in [0.4, 0.5) is 10.3 Å². The van der Waals surface area contributed by atoms with Gasteiger partial charge in [0, 0.05) is 18.0 Å². The Labute approximate surface area is 137 Å². The van der Waals surface area contributed by atoms with Crippen LogP contribution in [0.15, 0.2) is 5.83 Å². The van der Waals surface area contributed by atoms with E-state index < -0.39 is 11.9 Å². The van der Waals surface area contributed by atoms with Crippen LogP contribution in [0.25, 0.3) is 5.57 Å². The Morgan fingerprint density at radius 1 is 1.22 bits per heavy atom. The summed E-state index contributed by atoms with van der Waals surface area (Å²) >= 11 is 0.